The molecule has 1 unspecified atom stereocenters. The van der Waals surface area contributed by atoms with E-state index in [1.54, 1.807) is 0 Å². The average molecular weight is 184 g/mol. The number of nitrogens with one attached hydrogen (secondary N) is 1. The Morgan fingerprint density at radius 1 is 1.38 bits per heavy atom. The largest absolute Gasteiger partial charge is 0.316 e. The minimum Gasteiger partial charge on any atom is -0.316 e. The molecule has 13 heavy (non-hydrogen) atoms. The lowest BCUT2D eigenvalue weighted by Gasteiger charge is -2.32. The molecule has 1 aliphatic heterocycles. The molecule has 0 saturated carbocycles. The van der Waals surface area contributed by atoms with Crippen LogP contribution < -0.4 is 5.32 Å². The lowest BCUT2D eigenvalue weighted by atomic mass is 9.82. The van der Waals surface area contributed by atoms with Crippen LogP contribution in [0, 0.1) is 5.41 Å². The molecule has 0 amide bonds. The van der Waals surface area contributed by atoms with Gasteiger partial charge in [-0.05, 0) is 38.4 Å². The van der Waals surface area contributed by atoms with Crippen LogP contribution in [0.25, 0.3) is 0 Å². The zero-order valence-electron chi connectivity index (χ0n) is 9.40. The minimum absolute atomic E-state index is 0.583. The third kappa shape index (κ3) is 2.96. The fraction of sp³-hybridized carbons (Fsp3) is 1.00. The third-order valence-corrected chi connectivity index (χ3v) is 3.26. The molecule has 2 nitrogen and oxygen atoms in total. The van der Waals surface area contributed by atoms with Crippen molar-refractivity contribution >= 4 is 0 Å². The highest BCUT2D eigenvalue weighted by Gasteiger charge is 2.33. The quantitative estimate of drug-likeness (QED) is 0.700. The Balaban J connectivity index is 2.46. The Morgan fingerprint density at radius 2 is 2.15 bits per heavy atom. The number of hydrogen-bond donors (Lipinski definition) is 1. The first-order valence-corrected chi connectivity index (χ1v) is 5.62. The molecule has 1 saturated heterocycles. The second kappa shape index (κ2) is 4.97. The first kappa shape index (κ1) is 11.0. The molecule has 2 heteroatoms. The van der Waals surface area contributed by atoms with E-state index >= 15 is 0 Å². The van der Waals surface area contributed by atoms with Crippen molar-refractivity contribution in [3.05, 3.63) is 0 Å². The predicted molar refractivity (Wildman–Crippen MR) is 58.0 cm³/mol. The van der Waals surface area contributed by atoms with E-state index in [9.17, 15) is 0 Å². The zero-order chi connectivity index (χ0) is 9.73. The van der Waals surface area contributed by atoms with Gasteiger partial charge in [0.05, 0.1) is 0 Å². The van der Waals surface area contributed by atoms with E-state index in [1.807, 2.05) is 0 Å². The van der Waals surface area contributed by atoms with E-state index in [-0.39, 0.29) is 0 Å². The van der Waals surface area contributed by atoms with E-state index < -0.39 is 0 Å². The van der Waals surface area contributed by atoms with Crippen molar-refractivity contribution in [2.75, 3.05) is 33.2 Å². The third-order valence-electron chi connectivity index (χ3n) is 3.26. The fourth-order valence-electron chi connectivity index (χ4n) is 2.44. The maximum atomic E-state index is 3.50. The molecule has 1 N–H and O–H groups in total. The summed E-state index contributed by atoms with van der Waals surface area (Å²) in [6.07, 6.45) is 4.06. The van der Waals surface area contributed by atoms with E-state index in [4.69, 9.17) is 0 Å². The lowest BCUT2D eigenvalue weighted by molar-refractivity contribution is 0.183. The van der Waals surface area contributed by atoms with Gasteiger partial charge in [0.25, 0.3) is 0 Å². The highest BCUT2D eigenvalue weighted by Crippen LogP contribution is 2.31. The summed E-state index contributed by atoms with van der Waals surface area (Å²) < 4.78 is 0. The van der Waals surface area contributed by atoms with Crippen LogP contribution in [0.3, 0.4) is 0 Å². The van der Waals surface area contributed by atoms with Gasteiger partial charge >= 0.3 is 0 Å². The molecular formula is C11H24N2. The molecule has 1 fully saturated rings. The molecule has 1 aliphatic rings. The monoisotopic (exact) mass is 184 g/mol. The molecule has 1 atom stereocenters. The fourth-order valence-corrected chi connectivity index (χ4v) is 2.44. The maximum absolute atomic E-state index is 3.50. The summed E-state index contributed by atoms with van der Waals surface area (Å²) in [6.45, 7) is 9.42. The van der Waals surface area contributed by atoms with Crippen LogP contribution in [0.1, 0.15) is 33.1 Å². The first-order chi connectivity index (χ1) is 6.22. The highest BCUT2D eigenvalue weighted by molar-refractivity contribution is 4.89. The van der Waals surface area contributed by atoms with Crippen LogP contribution in [0.2, 0.25) is 0 Å². The predicted octanol–water partition coefficient (Wildman–Crippen LogP) is 1.72. The first-order valence-electron chi connectivity index (χ1n) is 5.62. The zero-order valence-corrected chi connectivity index (χ0v) is 9.40. The van der Waals surface area contributed by atoms with Crippen molar-refractivity contribution in [3.63, 3.8) is 0 Å². The summed E-state index contributed by atoms with van der Waals surface area (Å²) >= 11 is 0. The number of rotatable bonds is 5. The normalized spacial score (nSPS) is 28.6. The van der Waals surface area contributed by atoms with E-state index in [2.05, 4.69) is 31.1 Å². The Morgan fingerprint density at radius 3 is 2.62 bits per heavy atom. The van der Waals surface area contributed by atoms with Crippen molar-refractivity contribution in [1.29, 1.82) is 0 Å². The van der Waals surface area contributed by atoms with Gasteiger partial charge in [-0.3, -0.25) is 0 Å². The average Bonchev–Trinajstić information content (AvgIpc) is 2.54. The second-order valence-electron chi connectivity index (χ2n) is 4.51. The SMILES string of the molecule is CCCC1(CN(C)CC)CCNC1. The molecule has 0 spiro atoms. The van der Waals surface area contributed by atoms with Gasteiger partial charge in [0, 0.05) is 13.1 Å². The maximum Gasteiger partial charge on any atom is 0.00474 e. The molecular weight excluding hydrogens is 160 g/mol. The standard InChI is InChI=1S/C11H24N2/c1-4-6-11(7-8-12-9-11)10-13(3)5-2/h12H,4-10H2,1-3H3. The molecule has 0 aromatic rings. The van der Waals surface area contributed by atoms with Gasteiger partial charge < -0.3 is 10.2 Å². The van der Waals surface area contributed by atoms with Crippen molar-refractivity contribution < 1.29 is 0 Å². The Bertz CT molecular complexity index is 139. The molecule has 0 aromatic carbocycles. The summed E-state index contributed by atoms with van der Waals surface area (Å²) in [4.78, 5) is 2.45. The Kier molecular flexibility index (Phi) is 4.20. The number of hydrogen-bond acceptors (Lipinski definition) is 2. The van der Waals surface area contributed by atoms with Crippen molar-refractivity contribution in [3.8, 4) is 0 Å². The summed E-state index contributed by atoms with van der Waals surface area (Å²) in [7, 11) is 2.23. The van der Waals surface area contributed by atoms with Crippen LogP contribution in [0.4, 0.5) is 0 Å². The van der Waals surface area contributed by atoms with Crippen molar-refractivity contribution in [1.82, 2.24) is 10.2 Å². The van der Waals surface area contributed by atoms with Gasteiger partial charge in [-0.25, -0.2) is 0 Å². The van der Waals surface area contributed by atoms with E-state index in [0.717, 1.165) is 0 Å². The smallest absolute Gasteiger partial charge is 0.00474 e. The Labute approximate surface area is 82.7 Å². The minimum atomic E-state index is 0.583. The molecule has 78 valence electrons. The highest BCUT2D eigenvalue weighted by atomic mass is 15.1. The molecule has 1 heterocycles. The molecule has 0 aliphatic carbocycles. The summed E-state index contributed by atoms with van der Waals surface area (Å²) in [6, 6.07) is 0. The van der Waals surface area contributed by atoms with Gasteiger partial charge in [-0.15, -0.1) is 0 Å². The van der Waals surface area contributed by atoms with Crippen molar-refractivity contribution in [2.24, 2.45) is 5.41 Å². The molecule has 1 rings (SSSR count). The Hall–Kier alpha value is -0.0800. The van der Waals surface area contributed by atoms with Gasteiger partial charge in [0.1, 0.15) is 0 Å². The van der Waals surface area contributed by atoms with Gasteiger partial charge in [-0.1, -0.05) is 20.3 Å². The second-order valence-corrected chi connectivity index (χ2v) is 4.51. The van der Waals surface area contributed by atoms with Crippen LogP contribution in [0.5, 0.6) is 0 Å². The van der Waals surface area contributed by atoms with E-state index in [1.165, 1.54) is 45.4 Å². The van der Waals surface area contributed by atoms with Gasteiger partial charge in [0.2, 0.25) is 0 Å². The van der Waals surface area contributed by atoms with Crippen LogP contribution in [-0.2, 0) is 0 Å². The van der Waals surface area contributed by atoms with Gasteiger partial charge in [-0.2, -0.15) is 0 Å². The van der Waals surface area contributed by atoms with Crippen LogP contribution >= 0.6 is 0 Å². The van der Waals surface area contributed by atoms with Crippen LogP contribution in [0.15, 0.2) is 0 Å². The molecule has 0 aromatic heterocycles. The van der Waals surface area contributed by atoms with Crippen molar-refractivity contribution in [2.45, 2.75) is 33.1 Å². The summed E-state index contributed by atoms with van der Waals surface area (Å²) in [5.74, 6) is 0. The molecule has 0 radical (unpaired) electrons. The van der Waals surface area contributed by atoms with E-state index in [0.29, 0.717) is 5.41 Å². The summed E-state index contributed by atoms with van der Waals surface area (Å²) in [5.41, 5.74) is 0.583. The number of nitrogens with zero attached hydrogens (tertiary/aromatic N) is 1. The summed E-state index contributed by atoms with van der Waals surface area (Å²) in [5, 5.41) is 3.50. The lowest BCUT2D eigenvalue weighted by Crippen LogP contribution is -2.37. The van der Waals surface area contributed by atoms with Crippen LogP contribution in [-0.4, -0.2) is 38.1 Å². The topological polar surface area (TPSA) is 15.3 Å². The molecule has 0 bridgehead atoms. The van der Waals surface area contributed by atoms with Gasteiger partial charge in [0.15, 0.2) is 0 Å².